The molecule has 1 heterocycles. The Bertz CT molecular complexity index is 726. The average molecular weight is 422 g/mol. The van der Waals surface area contributed by atoms with E-state index in [-0.39, 0.29) is 5.75 Å². The molecule has 0 aliphatic heterocycles. The maximum Gasteiger partial charge on any atom is 0.260 e. The monoisotopic (exact) mass is 421 g/mol. The van der Waals surface area contributed by atoms with E-state index < -0.39 is 5.95 Å². The smallest absolute Gasteiger partial charge is 0.260 e. The fourth-order valence-corrected chi connectivity index (χ4v) is 5.31. The number of nitrogens with zero attached hydrogens (tertiary/aromatic N) is 1. The summed E-state index contributed by atoms with van der Waals surface area (Å²) in [6.45, 7) is 2.29. The molecule has 2 fully saturated rings. The van der Waals surface area contributed by atoms with Crippen LogP contribution in [0.3, 0.4) is 0 Å². The molecule has 0 bridgehead atoms. The molecule has 29 heavy (non-hydrogen) atoms. The normalized spacial score (nSPS) is 27.4. The summed E-state index contributed by atoms with van der Waals surface area (Å²) in [7, 11) is 0. The Morgan fingerprint density at radius 1 is 1.03 bits per heavy atom. The van der Waals surface area contributed by atoms with Crippen molar-refractivity contribution in [2.75, 3.05) is 6.61 Å². The summed E-state index contributed by atoms with van der Waals surface area (Å²) in [5, 5.41) is 0. The van der Waals surface area contributed by atoms with Crippen molar-refractivity contribution in [2.24, 2.45) is 23.7 Å². The molecule has 0 amide bonds. The van der Waals surface area contributed by atoms with Crippen LogP contribution in [0.25, 0.3) is 0 Å². The summed E-state index contributed by atoms with van der Waals surface area (Å²) in [4.78, 5) is 3.83. The highest BCUT2D eigenvalue weighted by atomic mass is 35.5. The summed E-state index contributed by atoms with van der Waals surface area (Å²) in [6.07, 6.45) is 17.6. The highest BCUT2D eigenvalue weighted by molar-refractivity contribution is 6.09. The van der Waals surface area contributed by atoms with Crippen LogP contribution in [0.1, 0.15) is 76.2 Å². The molecule has 4 rings (SSSR count). The van der Waals surface area contributed by atoms with E-state index in [2.05, 4.69) is 15.3 Å². The third-order valence-corrected chi connectivity index (χ3v) is 7.52. The molecule has 1 aromatic heterocycles. The van der Waals surface area contributed by atoms with Gasteiger partial charge in [0, 0.05) is 5.56 Å². The van der Waals surface area contributed by atoms with E-state index in [1.54, 1.807) is 0 Å². The van der Waals surface area contributed by atoms with Crippen LogP contribution in [0.15, 0.2) is 17.7 Å². The lowest BCUT2D eigenvalue weighted by Gasteiger charge is -2.35. The lowest BCUT2D eigenvalue weighted by atomic mass is 9.70. The van der Waals surface area contributed by atoms with Crippen LogP contribution in [0.5, 0.6) is 11.6 Å². The molecule has 0 aromatic carbocycles. The highest BCUT2D eigenvalue weighted by Crippen LogP contribution is 2.42. The SMILES string of the molecule is Cc1cc(OCl)c(F)nc1OCC1=CCC(C2CCC(CCC3CC3)CC2)CC1. The molecule has 0 radical (unpaired) electrons. The number of ether oxygens (including phenoxy) is 1. The van der Waals surface area contributed by atoms with Crippen molar-refractivity contribution in [1.29, 1.82) is 0 Å². The van der Waals surface area contributed by atoms with Crippen LogP contribution in [-0.2, 0) is 0 Å². The lowest BCUT2D eigenvalue weighted by molar-refractivity contribution is 0.182. The van der Waals surface area contributed by atoms with Crippen molar-refractivity contribution < 1.29 is 13.4 Å². The van der Waals surface area contributed by atoms with Gasteiger partial charge >= 0.3 is 0 Å². The minimum absolute atomic E-state index is 0.0708. The van der Waals surface area contributed by atoms with E-state index in [9.17, 15) is 4.39 Å². The van der Waals surface area contributed by atoms with E-state index in [0.717, 1.165) is 42.1 Å². The van der Waals surface area contributed by atoms with Gasteiger partial charge in [-0.3, -0.25) is 0 Å². The minimum atomic E-state index is -0.744. The Morgan fingerprint density at radius 3 is 2.31 bits per heavy atom. The molecule has 0 N–H and O–H groups in total. The van der Waals surface area contributed by atoms with Gasteiger partial charge in [-0.2, -0.15) is 9.37 Å². The first-order valence-electron chi connectivity index (χ1n) is 11.4. The highest BCUT2D eigenvalue weighted by Gasteiger charge is 2.30. The third-order valence-electron chi connectivity index (χ3n) is 7.35. The van der Waals surface area contributed by atoms with Gasteiger partial charge in [0.15, 0.2) is 0 Å². The zero-order chi connectivity index (χ0) is 20.2. The number of allylic oxidation sites excluding steroid dienone is 1. The second-order valence-corrected chi connectivity index (χ2v) is 9.62. The predicted octanol–water partition coefficient (Wildman–Crippen LogP) is 7.16. The second kappa shape index (κ2) is 9.68. The maximum atomic E-state index is 13.8. The first-order valence-corrected chi connectivity index (χ1v) is 11.7. The largest absolute Gasteiger partial charge is 0.473 e. The Morgan fingerprint density at radius 2 is 1.72 bits per heavy atom. The van der Waals surface area contributed by atoms with Gasteiger partial charge < -0.3 is 9.03 Å². The summed E-state index contributed by atoms with van der Waals surface area (Å²) >= 11 is 5.24. The van der Waals surface area contributed by atoms with E-state index in [4.69, 9.17) is 16.6 Å². The molecule has 5 heteroatoms. The Kier molecular flexibility index (Phi) is 7.00. The molecule has 160 valence electrons. The molecular formula is C24H33ClFNO2. The first kappa shape index (κ1) is 21.0. The molecule has 3 nitrogen and oxygen atoms in total. The molecule has 1 unspecified atom stereocenters. The van der Waals surface area contributed by atoms with Gasteiger partial charge in [-0.1, -0.05) is 44.6 Å². The summed E-state index contributed by atoms with van der Waals surface area (Å²) in [5.74, 6) is 3.32. The van der Waals surface area contributed by atoms with Crippen molar-refractivity contribution in [3.8, 4) is 11.6 Å². The molecule has 3 aliphatic rings. The maximum absolute atomic E-state index is 13.8. The van der Waals surface area contributed by atoms with Gasteiger partial charge in [0.25, 0.3) is 5.95 Å². The fraction of sp³-hybridized carbons (Fsp3) is 0.708. The summed E-state index contributed by atoms with van der Waals surface area (Å²) in [6, 6.07) is 1.51. The number of aromatic nitrogens is 1. The van der Waals surface area contributed by atoms with E-state index in [1.165, 1.54) is 69.4 Å². The Labute approximate surface area is 179 Å². The number of rotatable bonds is 8. The second-order valence-electron chi connectivity index (χ2n) is 9.46. The van der Waals surface area contributed by atoms with Gasteiger partial charge in [-0.05, 0) is 74.3 Å². The Balaban J connectivity index is 1.21. The number of hydrogen-bond donors (Lipinski definition) is 0. The van der Waals surface area contributed by atoms with Gasteiger partial charge in [0.05, 0.1) is 0 Å². The third kappa shape index (κ3) is 5.65. The van der Waals surface area contributed by atoms with Crippen molar-refractivity contribution in [3.63, 3.8) is 0 Å². The number of halogens is 2. The van der Waals surface area contributed by atoms with Crippen LogP contribution in [0, 0.1) is 36.5 Å². The lowest BCUT2D eigenvalue weighted by Crippen LogP contribution is -2.24. The quantitative estimate of drug-likeness (QED) is 0.329. The fourth-order valence-electron chi connectivity index (χ4n) is 5.21. The summed E-state index contributed by atoms with van der Waals surface area (Å²) in [5.41, 5.74) is 2.02. The molecular weight excluding hydrogens is 389 g/mol. The molecule has 0 saturated heterocycles. The van der Waals surface area contributed by atoms with Crippen LogP contribution in [-0.4, -0.2) is 11.6 Å². The zero-order valence-electron chi connectivity index (χ0n) is 17.5. The van der Waals surface area contributed by atoms with E-state index >= 15 is 0 Å². The molecule has 1 aromatic rings. The van der Waals surface area contributed by atoms with Crippen LogP contribution < -0.4 is 9.03 Å². The first-order chi connectivity index (χ1) is 14.1. The van der Waals surface area contributed by atoms with Gasteiger partial charge in [0.2, 0.25) is 11.6 Å². The van der Waals surface area contributed by atoms with Gasteiger partial charge in [0.1, 0.15) is 18.5 Å². The number of hydrogen-bond acceptors (Lipinski definition) is 3. The molecule has 1 atom stereocenters. The average Bonchev–Trinajstić information content (AvgIpc) is 3.58. The van der Waals surface area contributed by atoms with Crippen molar-refractivity contribution in [1.82, 2.24) is 4.98 Å². The molecule has 2 saturated carbocycles. The Hall–Kier alpha value is -1.29. The van der Waals surface area contributed by atoms with Crippen molar-refractivity contribution >= 4 is 11.9 Å². The van der Waals surface area contributed by atoms with Gasteiger partial charge in [-0.15, -0.1) is 0 Å². The van der Waals surface area contributed by atoms with E-state index in [1.807, 2.05) is 6.92 Å². The van der Waals surface area contributed by atoms with Crippen LogP contribution >= 0.6 is 11.9 Å². The molecule has 0 spiro atoms. The minimum Gasteiger partial charge on any atom is -0.473 e. The van der Waals surface area contributed by atoms with Crippen LogP contribution in [0.4, 0.5) is 4.39 Å². The number of pyridine rings is 1. The topological polar surface area (TPSA) is 31.4 Å². The number of aryl methyl sites for hydroxylation is 1. The molecule has 3 aliphatic carbocycles. The van der Waals surface area contributed by atoms with E-state index in [0.29, 0.717) is 12.5 Å². The predicted molar refractivity (Wildman–Crippen MR) is 114 cm³/mol. The summed E-state index contributed by atoms with van der Waals surface area (Å²) < 4.78 is 24.0. The van der Waals surface area contributed by atoms with Crippen molar-refractivity contribution in [3.05, 3.63) is 29.2 Å². The standard InChI is InChI=1S/C24H33ClFNO2/c1-16-14-22(29-25)23(26)27-24(16)28-15-19-8-12-21(13-9-19)20-10-6-18(7-11-20)5-4-17-2-3-17/h8,14,17-18,20-21H,2-7,9-13,15H2,1H3. The van der Waals surface area contributed by atoms with Crippen LogP contribution in [0.2, 0.25) is 0 Å². The van der Waals surface area contributed by atoms with Crippen molar-refractivity contribution in [2.45, 2.75) is 77.6 Å². The zero-order valence-corrected chi connectivity index (χ0v) is 18.2. The van der Waals surface area contributed by atoms with Gasteiger partial charge in [-0.25, -0.2) is 0 Å².